The van der Waals surface area contributed by atoms with Gasteiger partial charge in [0.25, 0.3) is 0 Å². The van der Waals surface area contributed by atoms with Crippen LogP contribution >= 0.6 is 0 Å². The normalized spacial score (nSPS) is 16.9. The smallest absolute Gasteiger partial charge is 0.0722 e. The van der Waals surface area contributed by atoms with E-state index in [1.807, 2.05) is 0 Å². The van der Waals surface area contributed by atoms with E-state index in [0.717, 1.165) is 19.1 Å². The average molecular weight is 258 g/mol. The highest BCUT2D eigenvalue weighted by Gasteiger charge is 2.21. The minimum Gasteiger partial charge on any atom is -0.380 e. The predicted octanol–water partition coefficient (Wildman–Crippen LogP) is 2.93. The summed E-state index contributed by atoms with van der Waals surface area (Å²) in [5.74, 6) is 0. The molecule has 1 atom stereocenters. The SMILES string of the molecule is COC(C)Cn1c(CNC2CC2)cc2ccccc21. The molecule has 0 aliphatic heterocycles. The summed E-state index contributed by atoms with van der Waals surface area (Å²) < 4.78 is 7.81. The van der Waals surface area contributed by atoms with Crippen molar-refractivity contribution in [1.82, 2.24) is 9.88 Å². The van der Waals surface area contributed by atoms with Gasteiger partial charge < -0.3 is 14.6 Å². The maximum atomic E-state index is 5.42. The number of ether oxygens (including phenoxy) is 1. The quantitative estimate of drug-likeness (QED) is 0.862. The molecule has 1 unspecified atom stereocenters. The van der Waals surface area contributed by atoms with Gasteiger partial charge in [0.15, 0.2) is 0 Å². The number of para-hydroxylation sites is 1. The molecule has 0 amide bonds. The zero-order chi connectivity index (χ0) is 13.2. The predicted molar refractivity (Wildman–Crippen MR) is 78.3 cm³/mol. The highest BCUT2D eigenvalue weighted by atomic mass is 16.5. The van der Waals surface area contributed by atoms with Crippen LogP contribution in [0.3, 0.4) is 0 Å². The van der Waals surface area contributed by atoms with E-state index in [-0.39, 0.29) is 6.10 Å². The third-order valence-electron chi connectivity index (χ3n) is 3.89. The first-order valence-electron chi connectivity index (χ1n) is 7.11. The number of fused-ring (bicyclic) bond motifs is 1. The van der Waals surface area contributed by atoms with Crippen molar-refractivity contribution >= 4 is 10.9 Å². The Balaban J connectivity index is 1.90. The number of benzene rings is 1. The van der Waals surface area contributed by atoms with Crippen LogP contribution in [-0.4, -0.2) is 23.8 Å². The molecule has 0 radical (unpaired) electrons. The maximum absolute atomic E-state index is 5.42. The molecule has 0 bridgehead atoms. The lowest BCUT2D eigenvalue weighted by Crippen LogP contribution is -2.21. The lowest BCUT2D eigenvalue weighted by Gasteiger charge is -2.15. The minimum absolute atomic E-state index is 0.232. The molecule has 2 aromatic rings. The van der Waals surface area contributed by atoms with Crippen molar-refractivity contribution in [2.75, 3.05) is 7.11 Å². The molecule has 1 fully saturated rings. The van der Waals surface area contributed by atoms with Crippen LogP contribution in [0.2, 0.25) is 0 Å². The van der Waals surface area contributed by atoms with Crippen LogP contribution in [0.1, 0.15) is 25.5 Å². The molecule has 1 aliphatic carbocycles. The molecule has 3 nitrogen and oxygen atoms in total. The number of nitrogens with zero attached hydrogens (tertiary/aromatic N) is 1. The summed E-state index contributed by atoms with van der Waals surface area (Å²) in [6, 6.07) is 11.6. The fraction of sp³-hybridized carbons (Fsp3) is 0.500. The number of hydrogen-bond acceptors (Lipinski definition) is 2. The van der Waals surface area contributed by atoms with Crippen molar-refractivity contribution in [3.63, 3.8) is 0 Å². The van der Waals surface area contributed by atoms with E-state index in [1.54, 1.807) is 7.11 Å². The van der Waals surface area contributed by atoms with Crippen molar-refractivity contribution in [1.29, 1.82) is 0 Å². The van der Waals surface area contributed by atoms with E-state index in [2.05, 4.69) is 47.1 Å². The molecule has 1 N–H and O–H groups in total. The number of methoxy groups -OCH3 is 1. The Morgan fingerprint density at radius 3 is 2.89 bits per heavy atom. The van der Waals surface area contributed by atoms with E-state index >= 15 is 0 Å². The Hall–Kier alpha value is -1.32. The van der Waals surface area contributed by atoms with Crippen molar-refractivity contribution in [3.05, 3.63) is 36.0 Å². The molecule has 1 aromatic heterocycles. The van der Waals surface area contributed by atoms with Gasteiger partial charge in [0.05, 0.1) is 6.10 Å². The Morgan fingerprint density at radius 2 is 2.16 bits per heavy atom. The molecular weight excluding hydrogens is 236 g/mol. The second-order valence-electron chi connectivity index (χ2n) is 5.51. The van der Waals surface area contributed by atoms with Crippen LogP contribution in [0.5, 0.6) is 0 Å². The summed E-state index contributed by atoms with van der Waals surface area (Å²) in [6.07, 6.45) is 2.89. The van der Waals surface area contributed by atoms with Crippen LogP contribution in [0.25, 0.3) is 10.9 Å². The molecular formula is C16H22N2O. The topological polar surface area (TPSA) is 26.2 Å². The summed E-state index contributed by atoms with van der Waals surface area (Å²) in [4.78, 5) is 0. The molecule has 1 heterocycles. The van der Waals surface area contributed by atoms with E-state index in [9.17, 15) is 0 Å². The third-order valence-corrected chi connectivity index (χ3v) is 3.89. The maximum Gasteiger partial charge on any atom is 0.0722 e. The summed E-state index contributed by atoms with van der Waals surface area (Å²) >= 11 is 0. The first-order valence-corrected chi connectivity index (χ1v) is 7.11. The first-order chi connectivity index (χ1) is 9.28. The van der Waals surface area contributed by atoms with Gasteiger partial charge in [-0.2, -0.15) is 0 Å². The molecule has 0 spiro atoms. The van der Waals surface area contributed by atoms with Gasteiger partial charge in [-0.1, -0.05) is 18.2 Å². The Kier molecular flexibility index (Phi) is 3.58. The van der Waals surface area contributed by atoms with Gasteiger partial charge in [-0.3, -0.25) is 0 Å². The lowest BCUT2D eigenvalue weighted by molar-refractivity contribution is 0.103. The molecule has 3 heteroatoms. The van der Waals surface area contributed by atoms with Crippen LogP contribution < -0.4 is 5.32 Å². The van der Waals surface area contributed by atoms with Gasteiger partial charge in [0, 0.05) is 37.5 Å². The lowest BCUT2D eigenvalue weighted by atomic mass is 10.2. The number of hydrogen-bond donors (Lipinski definition) is 1. The first kappa shape index (κ1) is 12.7. The number of rotatable bonds is 6. The zero-order valence-corrected chi connectivity index (χ0v) is 11.7. The molecule has 1 aromatic carbocycles. The molecule has 19 heavy (non-hydrogen) atoms. The number of nitrogens with one attached hydrogen (secondary N) is 1. The second-order valence-corrected chi connectivity index (χ2v) is 5.51. The fourth-order valence-electron chi connectivity index (χ4n) is 2.50. The fourth-order valence-corrected chi connectivity index (χ4v) is 2.50. The van der Waals surface area contributed by atoms with Crippen molar-refractivity contribution in [3.8, 4) is 0 Å². The summed E-state index contributed by atoms with van der Waals surface area (Å²) in [6.45, 7) is 3.98. The van der Waals surface area contributed by atoms with Crippen LogP contribution in [0, 0.1) is 0 Å². The van der Waals surface area contributed by atoms with Gasteiger partial charge in [0.2, 0.25) is 0 Å². The van der Waals surface area contributed by atoms with Crippen molar-refractivity contribution < 1.29 is 4.74 Å². The Labute approximate surface area is 114 Å². The van der Waals surface area contributed by atoms with E-state index in [0.29, 0.717) is 0 Å². The van der Waals surface area contributed by atoms with Crippen LogP contribution in [0.15, 0.2) is 30.3 Å². The molecule has 1 saturated carbocycles. The summed E-state index contributed by atoms with van der Waals surface area (Å²) in [5.41, 5.74) is 2.66. The highest BCUT2D eigenvalue weighted by molar-refractivity contribution is 5.81. The van der Waals surface area contributed by atoms with Gasteiger partial charge >= 0.3 is 0 Å². The van der Waals surface area contributed by atoms with Gasteiger partial charge in [-0.25, -0.2) is 0 Å². The Bertz CT molecular complexity index is 557. The van der Waals surface area contributed by atoms with Gasteiger partial charge in [0.1, 0.15) is 0 Å². The highest BCUT2D eigenvalue weighted by Crippen LogP contribution is 2.23. The average Bonchev–Trinajstić information content (AvgIpc) is 3.20. The van der Waals surface area contributed by atoms with Gasteiger partial charge in [-0.05, 0) is 37.3 Å². The summed E-state index contributed by atoms with van der Waals surface area (Å²) in [5, 5.41) is 4.92. The molecule has 0 saturated heterocycles. The van der Waals surface area contributed by atoms with E-state index in [1.165, 1.54) is 29.4 Å². The number of aromatic nitrogens is 1. The largest absolute Gasteiger partial charge is 0.380 e. The molecule has 1 aliphatic rings. The Morgan fingerprint density at radius 1 is 1.37 bits per heavy atom. The molecule has 3 rings (SSSR count). The van der Waals surface area contributed by atoms with E-state index < -0.39 is 0 Å². The minimum atomic E-state index is 0.232. The van der Waals surface area contributed by atoms with Crippen molar-refractivity contribution in [2.45, 2.75) is 45.0 Å². The molecule has 102 valence electrons. The summed E-state index contributed by atoms with van der Waals surface area (Å²) in [7, 11) is 1.78. The van der Waals surface area contributed by atoms with Crippen molar-refractivity contribution in [2.24, 2.45) is 0 Å². The van der Waals surface area contributed by atoms with E-state index in [4.69, 9.17) is 4.74 Å². The second kappa shape index (κ2) is 5.35. The standard InChI is InChI=1S/C16H22N2O/c1-12(19-2)11-18-15(10-17-14-7-8-14)9-13-5-3-4-6-16(13)18/h3-6,9,12,14,17H,7-8,10-11H2,1-2H3. The zero-order valence-electron chi connectivity index (χ0n) is 11.7. The third kappa shape index (κ3) is 2.82. The van der Waals surface area contributed by atoms with Crippen LogP contribution in [-0.2, 0) is 17.8 Å². The van der Waals surface area contributed by atoms with Crippen LogP contribution in [0.4, 0.5) is 0 Å². The van der Waals surface area contributed by atoms with Gasteiger partial charge in [-0.15, -0.1) is 0 Å². The monoisotopic (exact) mass is 258 g/mol.